The van der Waals surface area contributed by atoms with Gasteiger partial charge in [0.15, 0.2) is 11.6 Å². The van der Waals surface area contributed by atoms with Gasteiger partial charge in [-0.15, -0.1) is 0 Å². The van der Waals surface area contributed by atoms with Crippen LogP contribution in [-0.4, -0.2) is 16.1 Å². The number of halogens is 4. The predicted molar refractivity (Wildman–Crippen MR) is 102 cm³/mol. The number of amides is 1. The van der Waals surface area contributed by atoms with Crippen LogP contribution in [0.5, 0.6) is 11.5 Å². The highest BCUT2D eigenvalue weighted by Crippen LogP contribution is 2.35. The van der Waals surface area contributed by atoms with Gasteiger partial charge in [0.25, 0.3) is 5.91 Å². The summed E-state index contributed by atoms with van der Waals surface area (Å²) in [5, 5.41) is 9.20. The van der Waals surface area contributed by atoms with Gasteiger partial charge in [-0.05, 0) is 18.2 Å². The number of rotatable bonds is 5. The van der Waals surface area contributed by atoms with Gasteiger partial charge in [-0.2, -0.15) is 5.10 Å². The molecular formula is C17H12Cl3FN4O2. The Hall–Kier alpha value is -2.48. The molecule has 0 aliphatic rings. The van der Waals surface area contributed by atoms with E-state index in [4.69, 9.17) is 45.3 Å². The molecule has 0 spiro atoms. The molecule has 0 unspecified atom stereocenters. The Labute approximate surface area is 168 Å². The van der Waals surface area contributed by atoms with Crippen LogP contribution in [0.3, 0.4) is 0 Å². The molecule has 4 N–H and O–H groups in total. The van der Waals surface area contributed by atoms with Crippen molar-refractivity contribution in [2.24, 2.45) is 0 Å². The molecule has 0 atom stereocenters. The molecule has 1 aromatic heterocycles. The number of ether oxygens (including phenoxy) is 1. The van der Waals surface area contributed by atoms with Crippen molar-refractivity contribution in [2.75, 3.05) is 5.73 Å². The Kier molecular flexibility index (Phi) is 5.74. The van der Waals surface area contributed by atoms with Crippen LogP contribution < -0.4 is 15.8 Å². The summed E-state index contributed by atoms with van der Waals surface area (Å²) in [7, 11) is 0. The fraction of sp³-hybridized carbons (Fsp3) is 0.0588. The van der Waals surface area contributed by atoms with Crippen molar-refractivity contribution in [3.8, 4) is 11.5 Å². The Morgan fingerprint density at radius 2 is 2.00 bits per heavy atom. The van der Waals surface area contributed by atoms with E-state index in [1.807, 2.05) is 0 Å². The molecule has 0 fully saturated rings. The number of H-pyrrole nitrogens is 1. The van der Waals surface area contributed by atoms with Gasteiger partial charge >= 0.3 is 0 Å². The van der Waals surface area contributed by atoms with E-state index in [-0.39, 0.29) is 39.3 Å². The highest BCUT2D eigenvalue weighted by molar-refractivity contribution is 6.33. The minimum atomic E-state index is -0.725. The first-order valence-corrected chi connectivity index (χ1v) is 8.66. The van der Waals surface area contributed by atoms with Crippen LogP contribution in [0, 0.1) is 5.82 Å². The average Bonchev–Trinajstić information content (AvgIpc) is 3.03. The summed E-state index contributed by atoms with van der Waals surface area (Å²) in [6.45, 7) is -0.120. The largest absolute Gasteiger partial charge is 0.453 e. The highest BCUT2D eigenvalue weighted by Gasteiger charge is 2.17. The van der Waals surface area contributed by atoms with E-state index < -0.39 is 11.7 Å². The number of nitrogens with two attached hydrogens (primary N) is 1. The molecule has 3 rings (SSSR count). The number of hydrogen-bond acceptors (Lipinski definition) is 4. The van der Waals surface area contributed by atoms with Gasteiger partial charge in [0, 0.05) is 28.9 Å². The molecule has 0 saturated heterocycles. The SMILES string of the molecule is Nc1cc(Cl)cc(Oc2c(Cl)ccc(CNC(=O)c3[nH]ncc3Cl)c2F)c1. The lowest BCUT2D eigenvalue weighted by Gasteiger charge is -2.13. The first-order chi connectivity index (χ1) is 12.8. The lowest BCUT2D eigenvalue weighted by molar-refractivity contribution is 0.0945. The van der Waals surface area contributed by atoms with Crippen molar-refractivity contribution in [3.05, 3.63) is 68.7 Å². The third-order valence-corrected chi connectivity index (χ3v) is 4.30. The molecule has 10 heteroatoms. The van der Waals surface area contributed by atoms with Crippen molar-refractivity contribution in [3.63, 3.8) is 0 Å². The highest BCUT2D eigenvalue weighted by atomic mass is 35.5. The Morgan fingerprint density at radius 1 is 1.22 bits per heavy atom. The van der Waals surface area contributed by atoms with Crippen molar-refractivity contribution in [1.29, 1.82) is 0 Å². The van der Waals surface area contributed by atoms with Crippen LogP contribution in [-0.2, 0) is 6.54 Å². The van der Waals surface area contributed by atoms with E-state index in [9.17, 15) is 9.18 Å². The molecule has 6 nitrogen and oxygen atoms in total. The zero-order valence-electron chi connectivity index (χ0n) is 13.5. The van der Waals surface area contributed by atoms with Gasteiger partial charge in [-0.3, -0.25) is 9.89 Å². The van der Waals surface area contributed by atoms with E-state index >= 15 is 0 Å². The second-order valence-corrected chi connectivity index (χ2v) is 6.70. The fourth-order valence-electron chi connectivity index (χ4n) is 2.26. The maximum atomic E-state index is 14.8. The lowest BCUT2D eigenvalue weighted by atomic mass is 10.2. The quantitative estimate of drug-likeness (QED) is 0.507. The average molecular weight is 430 g/mol. The number of nitrogens with one attached hydrogen (secondary N) is 2. The molecule has 1 amide bonds. The van der Waals surface area contributed by atoms with E-state index in [2.05, 4.69) is 15.5 Å². The Balaban J connectivity index is 1.81. The first-order valence-electron chi connectivity index (χ1n) is 7.53. The molecule has 3 aromatic rings. The fourth-order valence-corrected chi connectivity index (χ4v) is 2.85. The molecule has 0 saturated carbocycles. The van der Waals surface area contributed by atoms with E-state index in [1.165, 1.54) is 36.5 Å². The van der Waals surface area contributed by atoms with Gasteiger partial charge in [0.2, 0.25) is 0 Å². The van der Waals surface area contributed by atoms with Gasteiger partial charge in [-0.25, -0.2) is 4.39 Å². The van der Waals surface area contributed by atoms with Gasteiger partial charge in [0.05, 0.1) is 16.2 Å². The second kappa shape index (κ2) is 8.04. The van der Waals surface area contributed by atoms with Gasteiger partial charge in [0.1, 0.15) is 11.4 Å². The number of nitrogen functional groups attached to an aromatic ring is 1. The Bertz CT molecular complexity index is 990. The summed E-state index contributed by atoms with van der Waals surface area (Å²) in [4.78, 5) is 12.1. The molecule has 0 radical (unpaired) electrons. The number of nitrogens with zero attached hydrogens (tertiary/aromatic N) is 1. The van der Waals surface area contributed by atoms with E-state index in [0.29, 0.717) is 10.7 Å². The van der Waals surface area contributed by atoms with E-state index in [0.717, 1.165) is 0 Å². The normalized spacial score (nSPS) is 10.7. The third-order valence-electron chi connectivity index (χ3n) is 3.50. The van der Waals surface area contributed by atoms with Crippen LogP contribution in [0.25, 0.3) is 0 Å². The summed E-state index contributed by atoms with van der Waals surface area (Å²) in [6, 6.07) is 7.38. The maximum absolute atomic E-state index is 14.8. The van der Waals surface area contributed by atoms with Crippen LogP contribution in [0.1, 0.15) is 16.1 Å². The number of carbonyl (C=O) groups excluding carboxylic acids is 1. The number of aromatic amines is 1. The number of carbonyl (C=O) groups is 1. The molecular weight excluding hydrogens is 418 g/mol. The lowest BCUT2D eigenvalue weighted by Crippen LogP contribution is -2.24. The van der Waals surface area contributed by atoms with Crippen molar-refractivity contribution < 1.29 is 13.9 Å². The molecule has 0 bridgehead atoms. The molecule has 0 aliphatic heterocycles. The number of benzene rings is 2. The van der Waals surface area contributed by atoms with Gasteiger partial charge < -0.3 is 15.8 Å². The van der Waals surface area contributed by atoms with Crippen LogP contribution in [0.2, 0.25) is 15.1 Å². The predicted octanol–water partition coefficient (Wildman–Crippen LogP) is 4.81. The zero-order valence-corrected chi connectivity index (χ0v) is 15.8. The molecule has 2 aromatic carbocycles. The molecule has 0 aliphatic carbocycles. The monoisotopic (exact) mass is 428 g/mol. The zero-order chi connectivity index (χ0) is 19.6. The molecule has 1 heterocycles. The van der Waals surface area contributed by atoms with Crippen molar-refractivity contribution in [2.45, 2.75) is 6.54 Å². The standard InChI is InChI=1S/C17H12Cl3FN4O2/c18-9-3-10(22)5-11(4-9)27-16-12(19)2-1-8(14(16)21)6-23-17(26)15-13(20)7-24-25-15/h1-5,7H,6,22H2,(H,23,26)(H,24,25). The number of hydrogen-bond donors (Lipinski definition) is 3. The summed E-state index contributed by atoms with van der Waals surface area (Å²) in [6.07, 6.45) is 1.29. The first kappa shape index (κ1) is 19.3. The van der Waals surface area contributed by atoms with Crippen LogP contribution in [0.15, 0.2) is 36.5 Å². The van der Waals surface area contributed by atoms with Crippen molar-refractivity contribution >= 4 is 46.4 Å². The minimum Gasteiger partial charge on any atom is -0.453 e. The van der Waals surface area contributed by atoms with E-state index in [1.54, 1.807) is 0 Å². The summed E-state index contributed by atoms with van der Waals surface area (Å²) in [5.74, 6) is -1.23. The smallest absolute Gasteiger partial charge is 0.271 e. The molecule has 140 valence electrons. The minimum absolute atomic E-state index is 0.0535. The molecule has 27 heavy (non-hydrogen) atoms. The summed E-state index contributed by atoms with van der Waals surface area (Å²) in [5.41, 5.74) is 6.30. The maximum Gasteiger partial charge on any atom is 0.271 e. The van der Waals surface area contributed by atoms with Gasteiger partial charge in [-0.1, -0.05) is 40.9 Å². The second-order valence-electron chi connectivity index (χ2n) is 5.45. The number of aromatic nitrogens is 2. The summed E-state index contributed by atoms with van der Waals surface area (Å²) >= 11 is 17.8. The third kappa shape index (κ3) is 4.44. The topological polar surface area (TPSA) is 93.0 Å². The van der Waals surface area contributed by atoms with Crippen molar-refractivity contribution in [1.82, 2.24) is 15.5 Å². The Morgan fingerprint density at radius 3 is 2.67 bits per heavy atom. The van der Waals surface area contributed by atoms with Crippen LogP contribution in [0.4, 0.5) is 10.1 Å². The number of anilines is 1. The van der Waals surface area contributed by atoms with Crippen LogP contribution >= 0.6 is 34.8 Å². The summed E-state index contributed by atoms with van der Waals surface area (Å²) < 4.78 is 20.3.